The van der Waals surface area contributed by atoms with Gasteiger partial charge in [0, 0.05) is 32.9 Å². The first-order valence-corrected chi connectivity index (χ1v) is 9.19. The molecule has 1 fully saturated rings. The number of amides is 1. The molecule has 0 spiro atoms. The highest BCUT2D eigenvalue weighted by atomic mass is 16.2. The Bertz CT molecular complexity index is 695. The average molecular weight is 340 g/mol. The molecule has 2 heterocycles. The molecule has 3 rings (SSSR count). The van der Waals surface area contributed by atoms with Crippen LogP contribution in [-0.4, -0.2) is 58.2 Å². The molecule has 1 amide bonds. The van der Waals surface area contributed by atoms with Crippen molar-refractivity contribution in [3.63, 3.8) is 0 Å². The van der Waals surface area contributed by atoms with Crippen molar-refractivity contribution in [1.29, 1.82) is 0 Å². The van der Waals surface area contributed by atoms with E-state index in [9.17, 15) is 4.79 Å². The Balaban J connectivity index is 1.48. The van der Waals surface area contributed by atoms with Crippen LogP contribution in [-0.2, 0) is 13.5 Å². The third kappa shape index (κ3) is 4.69. The molecule has 0 radical (unpaired) electrons. The molecule has 0 atom stereocenters. The van der Waals surface area contributed by atoms with E-state index in [0.717, 1.165) is 56.8 Å². The third-order valence-electron chi connectivity index (χ3n) is 4.90. The summed E-state index contributed by atoms with van der Waals surface area (Å²) in [5.74, 6) is 0.122. The van der Waals surface area contributed by atoms with E-state index in [1.54, 1.807) is 4.68 Å². The number of aromatic nitrogens is 2. The van der Waals surface area contributed by atoms with Gasteiger partial charge in [-0.05, 0) is 44.8 Å². The molecule has 1 saturated heterocycles. The van der Waals surface area contributed by atoms with E-state index in [1.165, 1.54) is 12.0 Å². The molecule has 25 heavy (non-hydrogen) atoms. The largest absolute Gasteiger partial charge is 0.337 e. The van der Waals surface area contributed by atoms with Gasteiger partial charge in [-0.2, -0.15) is 5.10 Å². The van der Waals surface area contributed by atoms with E-state index < -0.39 is 0 Å². The Kier molecular flexibility index (Phi) is 5.87. The van der Waals surface area contributed by atoms with Gasteiger partial charge in [0.05, 0.1) is 11.3 Å². The van der Waals surface area contributed by atoms with Crippen LogP contribution >= 0.6 is 0 Å². The molecule has 1 aliphatic rings. The summed E-state index contributed by atoms with van der Waals surface area (Å²) in [5, 5.41) is 4.29. The van der Waals surface area contributed by atoms with E-state index in [1.807, 2.05) is 25.1 Å². The fourth-order valence-electron chi connectivity index (χ4n) is 3.53. The summed E-state index contributed by atoms with van der Waals surface area (Å²) in [4.78, 5) is 17.2. The summed E-state index contributed by atoms with van der Waals surface area (Å²) in [6.45, 7) is 6.68. The number of aryl methyl sites for hydroxylation is 3. The topological polar surface area (TPSA) is 41.4 Å². The molecule has 5 nitrogen and oxygen atoms in total. The lowest BCUT2D eigenvalue weighted by molar-refractivity contribution is 0.0760. The maximum Gasteiger partial charge on any atom is 0.257 e. The Morgan fingerprint density at radius 3 is 2.64 bits per heavy atom. The zero-order valence-electron chi connectivity index (χ0n) is 15.3. The van der Waals surface area contributed by atoms with Crippen molar-refractivity contribution in [3.05, 3.63) is 53.3 Å². The first-order valence-electron chi connectivity index (χ1n) is 9.19. The van der Waals surface area contributed by atoms with Crippen LogP contribution in [0.5, 0.6) is 0 Å². The van der Waals surface area contributed by atoms with Crippen LogP contribution in [0.15, 0.2) is 36.5 Å². The number of carbonyl (C=O) groups excluding carboxylic acids is 1. The standard InChI is InChI=1S/C20H28N4O/c1-17-19(16-22(2)21-17)20(25)24-13-7-12-23(14-15-24)11-6-10-18-8-4-3-5-9-18/h3-5,8-9,16H,6-7,10-15H2,1-2H3. The van der Waals surface area contributed by atoms with Crippen LogP contribution in [0.4, 0.5) is 0 Å². The van der Waals surface area contributed by atoms with Gasteiger partial charge in [0.25, 0.3) is 5.91 Å². The lowest BCUT2D eigenvalue weighted by Crippen LogP contribution is -2.35. The van der Waals surface area contributed by atoms with Gasteiger partial charge in [0.1, 0.15) is 0 Å². The number of rotatable bonds is 5. The summed E-state index contributed by atoms with van der Waals surface area (Å²) in [6.07, 6.45) is 5.16. The summed E-state index contributed by atoms with van der Waals surface area (Å²) in [7, 11) is 1.86. The zero-order chi connectivity index (χ0) is 17.6. The molecule has 1 aliphatic heterocycles. The van der Waals surface area contributed by atoms with Crippen LogP contribution in [0.1, 0.15) is 34.5 Å². The third-order valence-corrected chi connectivity index (χ3v) is 4.90. The van der Waals surface area contributed by atoms with Crippen LogP contribution in [0.3, 0.4) is 0 Å². The van der Waals surface area contributed by atoms with Crippen molar-refractivity contribution in [2.24, 2.45) is 7.05 Å². The molecule has 0 saturated carbocycles. The molecule has 0 unspecified atom stereocenters. The Morgan fingerprint density at radius 2 is 1.92 bits per heavy atom. The Hall–Kier alpha value is -2.14. The van der Waals surface area contributed by atoms with E-state index in [-0.39, 0.29) is 5.91 Å². The van der Waals surface area contributed by atoms with Gasteiger partial charge in [-0.1, -0.05) is 30.3 Å². The number of hydrogen-bond donors (Lipinski definition) is 0. The Morgan fingerprint density at radius 1 is 1.12 bits per heavy atom. The Labute approximate surface area is 150 Å². The second kappa shape index (κ2) is 8.30. The van der Waals surface area contributed by atoms with Gasteiger partial charge < -0.3 is 9.80 Å². The monoisotopic (exact) mass is 340 g/mol. The fourth-order valence-corrected chi connectivity index (χ4v) is 3.53. The fraction of sp³-hybridized carbons (Fsp3) is 0.500. The maximum absolute atomic E-state index is 12.7. The summed E-state index contributed by atoms with van der Waals surface area (Å²) in [6, 6.07) is 10.7. The lowest BCUT2D eigenvalue weighted by atomic mass is 10.1. The predicted octanol–water partition coefficient (Wildman–Crippen LogP) is 2.51. The normalized spacial score (nSPS) is 16.0. The van der Waals surface area contributed by atoms with Crippen molar-refractivity contribution >= 4 is 5.91 Å². The first-order chi connectivity index (χ1) is 12.1. The second-order valence-corrected chi connectivity index (χ2v) is 6.88. The molecular formula is C20H28N4O. The highest BCUT2D eigenvalue weighted by molar-refractivity contribution is 5.95. The molecule has 2 aromatic rings. The molecule has 0 aliphatic carbocycles. The second-order valence-electron chi connectivity index (χ2n) is 6.88. The minimum Gasteiger partial charge on any atom is -0.337 e. The van der Waals surface area contributed by atoms with Crippen molar-refractivity contribution in [2.45, 2.75) is 26.2 Å². The molecule has 0 N–H and O–H groups in total. The van der Waals surface area contributed by atoms with Gasteiger partial charge in [0.2, 0.25) is 0 Å². The SMILES string of the molecule is Cc1nn(C)cc1C(=O)N1CCCN(CCCc2ccccc2)CC1. The van der Waals surface area contributed by atoms with Gasteiger partial charge in [-0.25, -0.2) is 0 Å². The van der Waals surface area contributed by atoms with Gasteiger partial charge in [0.15, 0.2) is 0 Å². The van der Waals surface area contributed by atoms with E-state index in [0.29, 0.717) is 0 Å². The molecule has 0 bridgehead atoms. The minimum absolute atomic E-state index is 0.122. The van der Waals surface area contributed by atoms with Crippen molar-refractivity contribution in [3.8, 4) is 0 Å². The number of benzene rings is 1. The summed E-state index contributed by atoms with van der Waals surface area (Å²) in [5.41, 5.74) is 2.96. The van der Waals surface area contributed by atoms with Crippen LogP contribution in [0.2, 0.25) is 0 Å². The zero-order valence-corrected chi connectivity index (χ0v) is 15.3. The van der Waals surface area contributed by atoms with Crippen molar-refractivity contribution < 1.29 is 4.79 Å². The van der Waals surface area contributed by atoms with Crippen LogP contribution in [0, 0.1) is 6.92 Å². The summed E-state index contributed by atoms with van der Waals surface area (Å²) < 4.78 is 1.72. The van der Waals surface area contributed by atoms with Crippen LogP contribution < -0.4 is 0 Å². The number of hydrogen-bond acceptors (Lipinski definition) is 3. The number of nitrogens with zero attached hydrogens (tertiary/aromatic N) is 4. The van der Waals surface area contributed by atoms with E-state index in [4.69, 9.17) is 0 Å². The molecule has 134 valence electrons. The molecule has 1 aromatic carbocycles. The quantitative estimate of drug-likeness (QED) is 0.840. The van der Waals surface area contributed by atoms with Gasteiger partial charge >= 0.3 is 0 Å². The van der Waals surface area contributed by atoms with E-state index in [2.05, 4.69) is 40.3 Å². The molecule has 1 aromatic heterocycles. The average Bonchev–Trinajstić information content (AvgIpc) is 2.81. The molecular weight excluding hydrogens is 312 g/mol. The first kappa shape index (κ1) is 17.7. The van der Waals surface area contributed by atoms with Crippen molar-refractivity contribution in [1.82, 2.24) is 19.6 Å². The van der Waals surface area contributed by atoms with Gasteiger partial charge in [-0.3, -0.25) is 9.48 Å². The lowest BCUT2D eigenvalue weighted by Gasteiger charge is -2.22. The molecule has 5 heteroatoms. The summed E-state index contributed by atoms with van der Waals surface area (Å²) >= 11 is 0. The smallest absolute Gasteiger partial charge is 0.257 e. The van der Waals surface area contributed by atoms with E-state index >= 15 is 0 Å². The van der Waals surface area contributed by atoms with Crippen LogP contribution in [0.25, 0.3) is 0 Å². The van der Waals surface area contributed by atoms with Gasteiger partial charge in [-0.15, -0.1) is 0 Å². The minimum atomic E-state index is 0.122. The number of carbonyl (C=O) groups is 1. The highest BCUT2D eigenvalue weighted by Gasteiger charge is 2.22. The highest BCUT2D eigenvalue weighted by Crippen LogP contribution is 2.12. The maximum atomic E-state index is 12.7. The predicted molar refractivity (Wildman–Crippen MR) is 99.7 cm³/mol. The van der Waals surface area contributed by atoms with Crippen molar-refractivity contribution in [2.75, 3.05) is 32.7 Å².